The second-order valence-corrected chi connectivity index (χ2v) is 11.9. The SMILES string of the molecule is CO[C@H]1C[C@@H](c2ncc(CCC(=O)O)s2)N(C(=O)Cc2cc(Cl)c(NC(=O)c3csc4ccccc34)cc2F)C1. The number of thiazole rings is 1. The average Bonchev–Trinajstić information content (AvgIpc) is 3.68. The number of likely N-dealkylation sites (tertiary alicyclic amines) is 1. The molecule has 5 rings (SSSR count). The molecule has 0 radical (unpaired) electrons. The standard InChI is InChI=1S/C28H25ClFN3O5S2/c1-38-16-10-23(28-31-12-17(40-28)6-7-26(35)36)33(13-16)25(34)9-15-8-20(29)22(11-21(15)30)32-27(37)19-14-39-24-5-3-2-4-18(19)24/h2-5,8,11-12,14,16,23H,6-7,9-10,13H2,1H3,(H,32,37)(H,35,36)/t16-,23-/m0/s1. The zero-order chi connectivity index (χ0) is 28.4. The number of halogens is 2. The molecule has 0 spiro atoms. The lowest BCUT2D eigenvalue weighted by molar-refractivity contribution is -0.137. The first-order valence-corrected chi connectivity index (χ1v) is 14.5. The quantitative estimate of drug-likeness (QED) is 0.245. The molecule has 40 heavy (non-hydrogen) atoms. The summed E-state index contributed by atoms with van der Waals surface area (Å²) in [6, 6.07) is 9.63. The minimum Gasteiger partial charge on any atom is -0.481 e. The van der Waals surface area contributed by atoms with Crippen molar-refractivity contribution in [1.82, 2.24) is 9.88 Å². The van der Waals surface area contributed by atoms with Gasteiger partial charge in [0.15, 0.2) is 0 Å². The van der Waals surface area contributed by atoms with Crippen molar-refractivity contribution in [2.45, 2.75) is 37.8 Å². The van der Waals surface area contributed by atoms with Gasteiger partial charge in [-0.25, -0.2) is 9.37 Å². The Morgan fingerprint density at radius 3 is 2.85 bits per heavy atom. The van der Waals surface area contributed by atoms with Gasteiger partial charge < -0.3 is 20.1 Å². The summed E-state index contributed by atoms with van der Waals surface area (Å²) >= 11 is 9.23. The Morgan fingerprint density at radius 1 is 1.27 bits per heavy atom. The van der Waals surface area contributed by atoms with Crippen LogP contribution >= 0.6 is 34.3 Å². The van der Waals surface area contributed by atoms with Gasteiger partial charge in [0.1, 0.15) is 10.8 Å². The van der Waals surface area contributed by atoms with Crippen molar-refractivity contribution in [2.75, 3.05) is 19.0 Å². The molecule has 2 aromatic carbocycles. The van der Waals surface area contributed by atoms with E-state index in [1.807, 2.05) is 24.3 Å². The number of nitrogens with one attached hydrogen (secondary N) is 1. The maximum Gasteiger partial charge on any atom is 0.303 e. The van der Waals surface area contributed by atoms with Crippen LogP contribution in [0.4, 0.5) is 10.1 Å². The summed E-state index contributed by atoms with van der Waals surface area (Å²) in [5.41, 5.74) is 0.693. The van der Waals surface area contributed by atoms with Gasteiger partial charge in [-0.05, 0) is 30.2 Å². The van der Waals surface area contributed by atoms with Crippen LogP contribution in [0.15, 0.2) is 48.0 Å². The van der Waals surface area contributed by atoms with Gasteiger partial charge in [0.25, 0.3) is 5.91 Å². The van der Waals surface area contributed by atoms with Crippen molar-refractivity contribution in [1.29, 1.82) is 0 Å². The number of aliphatic carboxylic acids is 1. The lowest BCUT2D eigenvalue weighted by atomic mass is 10.1. The Morgan fingerprint density at radius 2 is 2.08 bits per heavy atom. The number of hydrogen-bond acceptors (Lipinski definition) is 7. The van der Waals surface area contributed by atoms with Gasteiger partial charge in [-0.1, -0.05) is 29.8 Å². The number of carboxylic acids is 1. The molecule has 208 valence electrons. The third-order valence-corrected chi connectivity index (χ3v) is 9.24. The number of fused-ring (bicyclic) bond motifs is 1. The number of aryl methyl sites for hydroxylation is 1. The van der Waals surface area contributed by atoms with Gasteiger partial charge in [-0.3, -0.25) is 14.4 Å². The third-order valence-electron chi connectivity index (χ3n) is 6.81. The molecule has 1 saturated heterocycles. The molecule has 0 unspecified atom stereocenters. The molecule has 1 aliphatic rings. The number of aromatic nitrogens is 1. The number of rotatable bonds is 9. The molecule has 1 aliphatic heterocycles. The lowest BCUT2D eigenvalue weighted by Crippen LogP contribution is -2.33. The number of methoxy groups -OCH3 is 1. The van der Waals surface area contributed by atoms with Crippen LogP contribution in [0, 0.1) is 5.82 Å². The van der Waals surface area contributed by atoms with E-state index in [0.717, 1.165) is 21.0 Å². The van der Waals surface area contributed by atoms with E-state index in [9.17, 15) is 14.4 Å². The molecule has 0 aliphatic carbocycles. The molecule has 1 fully saturated rings. The number of hydrogen-bond donors (Lipinski definition) is 2. The Hall–Kier alpha value is -3.38. The van der Waals surface area contributed by atoms with Gasteiger partial charge in [-0.15, -0.1) is 22.7 Å². The van der Waals surface area contributed by atoms with Crippen LogP contribution < -0.4 is 5.32 Å². The van der Waals surface area contributed by atoms with E-state index in [4.69, 9.17) is 21.4 Å². The van der Waals surface area contributed by atoms with E-state index in [1.54, 1.807) is 23.6 Å². The lowest BCUT2D eigenvalue weighted by Gasteiger charge is -2.23. The normalized spacial score (nSPS) is 16.9. The Labute approximate surface area is 242 Å². The first-order chi connectivity index (χ1) is 19.2. The van der Waals surface area contributed by atoms with E-state index in [0.29, 0.717) is 30.0 Å². The highest BCUT2D eigenvalue weighted by atomic mass is 35.5. The summed E-state index contributed by atoms with van der Waals surface area (Å²) in [4.78, 5) is 44.1. The van der Waals surface area contributed by atoms with Crippen molar-refractivity contribution >= 4 is 67.8 Å². The molecule has 12 heteroatoms. The van der Waals surface area contributed by atoms with E-state index >= 15 is 4.39 Å². The number of carbonyl (C=O) groups is 3. The van der Waals surface area contributed by atoms with Gasteiger partial charge in [0, 0.05) is 46.6 Å². The molecular formula is C28H25ClFN3O5S2. The Balaban J connectivity index is 1.30. The van der Waals surface area contributed by atoms with Crippen LogP contribution in [0.5, 0.6) is 0 Å². The third kappa shape index (κ3) is 6.02. The first kappa shape index (κ1) is 28.2. The molecule has 8 nitrogen and oxygen atoms in total. The summed E-state index contributed by atoms with van der Waals surface area (Å²) < 4.78 is 21.6. The number of amides is 2. The van der Waals surface area contributed by atoms with Crippen molar-refractivity contribution < 1.29 is 28.6 Å². The minimum absolute atomic E-state index is 0.00399. The molecule has 2 N–H and O–H groups in total. The number of anilines is 1. The second-order valence-electron chi connectivity index (χ2n) is 9.41. The predicted molar refractivity (Wildman–Crippen MR) is 153 cm³/mol. The first-order valence-electron chi connectivity index (χ1n) is 12.5. The van der Waals surface area contributed by atoms with Crippen LogP contribution in [0.2, 0.25) is 5.02 Å². The molecular weight excluding hydrogens is 577 g/mol. The molecule has 2 atom stereocenters. The fourth-order valence-corrected chi connectivity index (χ4v) is 6.94. The number of nitrogens with zero attached hydrogens (tertiary/aromatic N) is 2. The molecule has 0 saturated carbocycles. The topological polar surface area (TPSA) is 109 Å². The molecule has 4 aromatic rings. The zero-order valence-electron chi connectivity index (χ0n) is 21.4. The maximum atomic E-state index is 15.2. The van der Waals surface area contributed by atoms with Crippen molar-refractivity contribution in [3.05, 3.63) is 79.8 Å². The monoisotopic (exact) mass is 601 g/mol. The van der Waals surface area contributed by atoms with E-state index in [-0.39, 0.29) is 47.2 Å². The van der Waals surface area contributed by atoms with Crippen molar-refractivity contribution in [3.8, 4) is 0 Å². The summed E-state index contributed by atoms with van der Waals surface area (Å²) in [7, 11) is 1.57. The van der Waals surface area contributed by atoms with E-state index in [2.05, 4.69) is 10.3 Å². The van der Waals surface area contributed by atoms with Crippen molar-refractivity contribution in [3.63, 3.8) is 0 Å². The smallest absolute Gasteiger partial charge is 0.303 e. The fraction of sp³-hybridized carbons (Fsp3) is 0.286. The molecule has 3 heterocycles. The van der Waals surface area contributed by atoms with Gasteiger partial charge >= 0.3 is 5.97 Å². The highest BCUT2D eigenvalue weighted by Crippen LogP contribution is 2.37. The summed E-state index contributed by atoms with van der Waals surface area (Å²) in [5, 5.41) is 15.0. The van der Waals surface area contributed by atoms with E-state index in [1.165, 1.54) is 28.7 Å². The van der Waals surface area contributed by atoms with Gasteiger partial charge in [-0.2, -0.15) is 0 Å². The number of carbonyl (C=O) groups excluding carboxylic acids is 2. The van der Waals surface area contributed by atoms with Crippen LogP contribution in [-0.4, -0.2) is 52.5 Å². The Kier molecular flexibility index (Phi) is 8.46. The highest BCUT2D eigenvalue weighted by Gasteiger charge is 2.38. The molecule has 2 amide bonds. The average molecular weight is 602 g/mol. The fourth-order valence-electron chi connectivity index (χ4n) is 4.73. The van der Waals surface area contributed by atoms with Crippen molar-refractivity contribution in [2.24, 2.45) is 0 Å². The number of carboxylic acid groups (broad SMARTS) is 1. The predicted octanol–water partition coefficient (Wildman–Crippen LogP) is 5.95. The highest BCUT2D eigenvalue weighted by molar-refractivity contribution is 7.17. The van der Waals surface area contributed by atoms with E-state index < -0.39 is 17.7 Å². The van der Waals surface area contributed by atoms with Crippen LogP contribution in [0.25, 0.3) is 10.1 Å². The summed E-state index contributed by atoms with van der Waals surface area (Å²) in [6.07, 6.45) is 2.07. The largest absolute Gasteiger partial charge is 0.481 e. The number of benzene rings is 2. The molecule has 2 aromatic heterocycles. The molecule has 0 bridgehead atoms. The number of thiophene rings is 1. The maximum absolute atomic E-state index is 15.2. The summed E-state index contributed by atoms with van der Waals surface area (Å²) in [5.74, 6) is -2.27. The zero-order valence-corrected chi connectivity index (χ0v) is 23.7. The minimum atomic E-state index is -0.890. The van der Waals surface area contributed by atoms with Crippen LogP contribution in [0.1, 0.15) is 44.7 Å². The second kappa shape index (κ2) is 12.0. The van der Waals surface area contributed by atoms with Crippen LogP contribution in [-0.2, 0) is 27.2 Å². The van der Waals surface area contributed by atoms with Gasteiger partial charge in [0.05, 0.1) is 41.3 Å². The van der Waals surface area contributed by atoms with Gasteiger partial charge in [0.2, 0.25) is 5.91 Å². The van der Waals surface area contributed by atoms with Crippen LogP contribution in [0.3, 0.4) is 0 Å². The summed E-state index contributed by atoms with van der Waals surface area (Å²) in [6.45, 7) is 0.322. The Bertz CT molecular complexity index is 1590. The number of ether oxygens (including phenoxy) is 1.